The van der Waals surface area contributed by atoms with Gasteiger partial charge in [0.15, 0.2) is 0 Å². The summed E-state index contributed by atoms with van der Waals surface area (Å²) in [5, 5.41) is 2.81. The van der Waals surface area contributed by atoms with E-state index in [-0.39, 0.29) is 6.04 Å². The molecule has 4 nitrogen and oxygen atoms in total. The van der Waals surface area contributed by atoms with Crippen LogP contribution >= 0.6 is 0 Å². The smallest absolute Gasteiger partial charge is 0.133 e. The molecule has 1 atom stereocenters. The molecule has 0 N–H and O–H groups in total. The van der Waals surface area contributed by atoms with E-state index in [0.717, 1.165) is 0 Å². The lowest BCUT2D eigenvalue weighted by Gasteiger charge is -2.10. The lowest BCUT2D eigenvalue weighted by Crippen LogP contribution is -2.20. The predicted octanol–water partition coefficient (Wildman–Crippen LogP) is 0.689. The van der Waals surface area contributed by atoms with Gasteiger partial charge >= 0.3 is 0 Å². The molecule has 0 aliphatic heterocycles. The molecule has 0 bridgehead atoms. The van der Waals surface area contributed by atoms with Gasteiger partial charge in [0.1, 0.15) is 12.6 Å². The van der Waals surface area contributed by atoms with E-state index in [1.54, 1.807) is 0 Å². The van der Waals surface area contributed by atoms with Crippen molar-refractivity contribution in [3.63, 3.8) is 0 Å². The van der Waals surface area contributed by atoms with Gasteiger partial charge in [0.05, 0.1) is 11.5 Å². The second kappa shape index (κ2) is 2.90. The first-order valence-electron chi connectivity index (χ1n) is 3.51. The summed E-state index contributed by atoms with van der Waals surface area (Å²) >= 11 is 0. The fourth-order valence-electron chi connectivity index (χ4n) is 1.41. The zero-order valence-corrected chi connectivity index (χ0v) is 6.03. The van der Waals surface area contributed by atoms with E-state index in [2.05, 4.69) is 5.18 Å². The summed E-state index contributed by atoms with van der Waals surface area (Å²) in [4.78, 5) is 30.9. The van der Waals surface area contributed by atoms with Gasteiger partial charge in [-0.2, -0.15) is 4.91 Å². The molecule has 0 aromatic carbocycles. The molecule has 1 saturated carbocycles. The minimum absolute atomic E-state index is 0.295. The van der Waals surface area contributed by atoms with Gasteiger partial charge in [0, 0.05) is 0 Å². The molecule has 0 radical (unpaired) electrons. The molecule has 0 aromatic heterocycles. The molecule has 0 heterocycles. The zero-order valence-electron chi connectivity index (χ0n) is 6.03. The Morgan fingerprint density at radius 2 is 2.00 bits per heavy atom. The minimum Gasteiger partial charge on any atom is -0.302 e. The number of rotatable bonds is 3. The summed E-state index contributed by atoms with van der Waals surface area (Å²) in [6.07, 6.45) is 2.58. The molecular weight excluding hydrogens is 146 g/mol. The highest BCUT2D eigenvalue weighted by Crippen LogP contribution is 2.35. The Kier molecular flexibility index (Phi) is 2.12. The van der Waals surface area contributed by atoms with Crippen LogP contribution in [0.4, 0.5) is 0 Å². The Hall–Kier alpha value is -1.06. The highest BCUT2D eigenvalue weighted by molar-refractivity contribution is 5.84. The van der Waals surface area contributed by atoms with E-state index >= 15 is 0 Å². The number of carbonyl (C=O) groups is 2. The van der Waals surface area contributed by atoms with Crippen LogP contribution in [0.2, 0.25) is 0 Å². The van der Waals surface area contributed by atoms with Gasteiger partial charge in [-0.1, -0.05) is 5.18 Å². The third-order valence-corrected chi connectivity index (χ3v) is 2.18. The van der Waals surface area contributed by atoms with Crippen LogP contribution in [0.1, 0.15) is 19.3 Å². The van der Waals surface area contributed by atoms with Gasteiger partial charge in [-0.3, -0.25) is 0 Å². The molecule has 0 spiro atoms. The van der Waals surface area contributed by atoms with Crippen molar-refractivity contribution in [2.75, 3.05) is 0 Å². The lowest BCUT2D eigenvalue weighted by molar-refractivity contribution is -0.125. The number of nitrogens with zero attached hydrogens (tertiary/aromatic N) is 1. The van der Waals surface area contributed by atoms with E-state index in [1.165, 1.54) is 0 Å². The third-order valence-electron chi connectivity index (χ3n) is 2.18. The zero-order chi connectivity index (χ0) is 8.32. The summed E-state index contributed by atoms with van der Waals surface area (Å²) in [6.45, 7) is 0. The van der Waals surface area contributed by atoms with E-state index in [1.807, 2.05) is 0 Å². The SMILES string of the molecule is O=CC1(C=O)CCC(N=O)C1. The fourth-order valence-corrected chi connectivity index (χ4v) is 1.41. The van der Waals surface area contributed by atoms with Crippen LogP contribution in [-0.4, -0.2) is 18.6 Å². The van der Waals surface area contributed by atoms with Crippen molar-refractivity contribution in [3.05, 3.63) is 4.91 Å². The number of aldehydes is 2. The standard InChI is InChI=1S/C7H9NO3/c9-4-7(5-10)2-1-6(3-7)8-11/h4-6H,1-3H2. The first kappa shape index (κ1) is 8.04. The van der Waals surface area contributed by atoms with Crippen molar-refractivity contribution >= 4 is 12.6 Å². The quantitative estimate of drug-likeness (QED) is 0.342. The summed E-state index contributed by atoms with van der Waals surface area (Å²) < 4.78 is 0. The van der Waals surface area contributed by atoms with Crippen LogP contribution in [0.15, 0.2) is 5.18 Å². The van der Waals surface area contributed by atoms with Crippen molar-refractivity contribution in [1.29, 1.82) is 0 Å². The van der Waals surface area contributed by atoms with Crippen LogP contribution in [-0.2, 0) is 9.59 Å². The maximum atomic E-state index is 10.4. The molecule has 1 fully saturated rings. The maximum absolute atomic E-state index is 10.4. The second-order valence-electron chi connectivity index (χ2n) is 2.97. The lowest BCUT2D eigenvalue weighted by atomic mass is 9.90. The molecule has 0 aromatic rings. The second-order valence-corrected chi connectivity index (χ2v) is 2.97. The minimum atomic E-state index is -0.904. The van der Waals surface area contributed by atoms with E-state index in [0.29, 0.717) is 31.8 Å². The number of hydrogen-bond acceptors (Lipinski definition) is 4. The number of hydrogen-bond donors (Lipinski definition) is 0. The highest BCUT2D eigenvalue weighted by Gasteiger charge is 2.39. The maximum Gasteiger partial charge on any atom is 0.133 e. The summed E-state index contributed by atoms with van der Waals surface area (Å²) in [5.74, 6) is 0. The number of nitroso groups, excluding NO2 is 1. The summed E-state index contributed by atoms with van der Waals surface area (Å²) in [7, 11) is 0. The normalized spacial score (nSPS) is 27.8. The highest BCUT2D eigenvalue weighted by atomic mass is 16.3. The molecule has 60 valence electrons. The average molecular weight is 155 g/mol. The Labute approximate surface area is 63.9 Å². The van der Waals surface area contributed by atoms with Crippen LogP contribution in [0.5, 0.6) is 0 Å². The molecular formula is C7H9NO3. The first-order valence-corrected chi connectivity index (χ1v) is 3.51. The van der Waals surface area contributed by atoms with Crippen LogP contribution < -0.4 is 0 Å². The van der Waals surface area contributed by atoms with Gasteiger partial charge in [-0.05, 0) is 19.3 Å². The third kappa shape index (κ3) is 1.34. The molecule has 1 rings (SSSR count). The predicted molar refractivity (Wildman–Crippen MR) is 38.0 cm³/mol. The van der Waals surface area contributed by atoms with Crippen LogP contribution in [0, 0.1) is 10.3 Å². The molecule has 4 heteroatoms. The van der Waals surface area contributed by atoms with Crippen LogP contribution in [0.3, 0.4) is 0 Å². The van der Waals surface area contributed by atoms with Gasteiger partial charge < -0.3 is 9.59 Å². The first-order chi connectivity index (χ1) is 5.26. The van der Waals surface area contributed by atoms with Crippen molar-refractivity contribution in [2.45, 2.75) is 25.3 Å². The average Bonchev–Trinajstić information content (AvgIpc) is 2.49. The van der Waals surface area contributed by atoms with Gasteiger partial charge in [0.25, 0.3) is 0 Å². The number of carbonyl (C=O) groups excluding carboxylic acids is 2. The van der Waals surface area contributed by atoms with Crippen molar-refractivity contribution in [3.8, 4) is 0 Å². The topological polar surface area (TPSA) is 63.6 Å². The van der Waals surface area contributed by atoms with E-state index in [9.17, 15) is 14.5 Å². The molecule has 0 saturated heterocycles. The van der Waals surface area contributed by atoms with Crippen LogP contribution in [0.25, 0.3) is 0 Å². The van der Waals surface area contributed by atoms with E-state index in [4.69, 9.17) is 0 Å². The Morgan fingerprint density at radius 3 is 2.27 bits per heavy atom. The molecule has 1 aliphatic carbocycles. The molecule has 11 heavy (non-hydrogen) atoms. The molecule has 0 amide bonds. The van der Waals surface area contributed by atoms with Gasteiger partial charge in [-0.15, -0.1) is 0 Å². The summed E-state index contributed by atoms with van der Waals surface area (Å²) in [5.41, 5.74) is -0.904. The monoisotopic (exact) mass is 155 g/mol. The van der Waals surface area contributed by atoms with Gasteiger partial charge in [-0.25, -0.2) is 0 Å². The Bertz CT molecular complexity index is 182. The fraction of sp³-hybridized carbons (Fsp3) is 0.714. The largest absolute Gasteiger partial charge is 0.302 e. The Morgan fingerprint density at radius 1 is 1.36 bits per heavy atom. The molecule has 1 aliphatic rings. The van der Waals surface area contributed by atoms with E-state index < -0.39 is 5.41 Å². The van der Waals surface area contributed by atoms with Crippen molar-refractivity contribution < 1.29 is 9.59 Å². The van der Waals surface area contributed by atoms with Gasteiger partial charge in [0.2, 0.25) is 0 Å². The van der Waals surface area contributed by atoms with Crippen molar-refractivity contribution in [2.24, 2.45) is 10.6 Å². The molecule has 1 unspecified atom stereocenters. The Balaban J connectivity index is 2.68. The van der Waals surface area contributed by atoms with Crippen molar-refractivity contribution in [1.82, 2.24) is 0 Å². The summed E-state index contributed by atoms with van der Waals surface area (Å²) in [6, 6.07) is -0.342.